The predicted molar refractivity (Wildman–Crippen MR) is 155 cm³/mol. The van der Waals surface area contributed by atoms with Gasteiger partial charge in [0.25, 0.3) is 0 Å². The maximum absolute atomic E-state index is 14.0. The van der Waals surface area contributed by atoms with Crippen molar-refractivity contribution in [1.82, 2.24) is 4.90 Å². The molecule has 5 rings (SSSR count). The van der Waals surface area contributed by atoms with E-state index in [1.54, 1.807) is 21.0 Å². The average Bonchev–Trinajstić information content (AvgIpc) is 3.56. The van der Waals surface area contributed by atoms with E-state index >= 15 is 0 Å². The molecule has 1 unspecified atom stereocenters. The molecule has 1 fully saturated rings. The molecule has 0 amide bonds. The third-order valence-electron chi connectivity index (χ3n) is 8.76. The molecule has 0 aromatic heterocycles. The van der Waals surface area contributed by atoms with Gasteiger partial charge in [-0.25, -0.2) is 4.79 Å². The van der Waals surface area contributed by atoms with Crippen LogP contribution in [-0.2, 0) is 25.5 Å². The minimum Gasteiger partial charge on any atom is -0.497 e. The second-order valence-corrected chi connectivity index (χ2v) is 14.3. The highest BCUT2D eigenvalue weighted by molar-refractivity contribution is 8.14. The lowest BCUT2D eigenvalue weighted by Gasteiger charge is -2.39. The van der Waals surface area contributed by atoms with E-state index in [-0.39, 0.29) is 35.9 Å². The SMILES string of the molecule is COC1=C[C@@]23CCCN2CCc2cc4c(cc2[C@@H]3C1OC(=O)[C@@](O)(CCCC(C)(C)O)CC(=O)SC(C)C)OCO4. The summed E-state index contributed by atoms with van der Waals surface area (Å²) in [5.74, 6) is 0.807. The first-order chi connectivity index (χ1) is 19.3. The van der Waals surface area contributed by atoms with Crippen molar-refractivity contribution in [3.63, 3.8) is 0 Å². The van der Waals surface area contributed by atoms with Gasteiger partial charge in [-0.05, 0) is 88.3 Å². The highest BCUT2D eigenvalue weighted by atomic mass is 32.2. The molecule has 10 heteroatoms. The van der Waals surface area contributed by atoms with Gasteiger partial charge in [0.15, 0.2) is 28.3 Å². The predicted octanol–water partition coefficient (Wildman–Crippen LogP) is 4.08. The molecule has 3 aliphatic heterocycles. The van der Waals surface area contributed by atoms with Crippen LogP contribution in [0.3, 0.4) is 0 Å². The number of carbonyl (C=O) groups excluding carboxylic acids is 2. The van der Waals surface area contributed by atoms with Crippen LogP contribution in [0, 0.1) is 0 Å². The second kappa shape index (κ2) is 11.4. The summed E-state index contributed by atoms with van der Waals surface area (Å²) in [6, 6.07) is 4.05. The van der Waals surface area contributed by atoms with Gasteiger partial charge in [-0.1, -0.05) is 25.6 Å². The van der Waals surface area contributed by atoms with Crippen LogP contribution in [0.4, 0.5) is 0 Å². The number of fused-ring (bicyclic) bond motifs is 3. The molecule has 1 saturated heterocycles. The molecule has 0 saturated carbocycles. The van der Waals surface area contributed by atoms with Gasteiger partial charge in [-0.15, -0.1) is 0 Å². The van der Waals surface area contributed by atoms with E-state index in [2.05, 4.69) is 11.0 Å². The van der Waals surface area contributed by atoms with Crippen LogP contribution in [-0.4, -0.2) is 81.3 Å². The Balaban J connectivity index is 1.49. The van der Waals surface area contributed by atoms with E-state index in [1.165, 1.54) is 0 Å². The van der Waals surface area contributed by atoms with E-state index in [0.717, 1.165) is 55.2 Å². The summed E-state index contributed by atoms with van der Waals surface area (Å²) in [4.78, 5) is 29.3. The number of esters is 1. The fraction of sp³-hybridized carbons (Fsp3) is 0.677. The Morgan fingerprint density at radius 3 is 2.59 bits per heavy atom. The molecular formula is C31H43NO8S. The number of methoxy groups -OCH3 is 1. The maximum Gasteiger partial charge on any atom is 0.339 e. The first kappa shape index (κ1) is 30.2. The van der Waals surface area contributed by atoms with Gasteiger partial charge in [0, 0.05) is 11.8 Å². The summed E-state index contributed by atoms with van der Waals surface area (Å²) in [6.45, 7) is 9.08. The van der Waals surface area contributed by atoms with Crippen LogP contribution in [0.5, 0.6) is 11.5 Å². The number of thioether (sulfide) groups is 1. The van der Waals surface area contributed by atoms with E-state index in [1.807, 2.05) is 26.0 Å². The van der Waals surface area contributed by atoms with Crippen molar-refractivity contribution in [3.05, 3.63) is 35.1 Å². The average molecular weight is 590 g/mol. The van der Waals surface area contributed by atoms with Gasteiger partial charge in [0.1, 0.15) is 5.76 Å². The van der Waals surface area contributed by atoms with Gasteiger partial charge in [-0.3, -0.25) is 9.69 Å². The third-order valence-corrected chi connectivity index (χ3v) is 9.64. The molecule has 41 heavy (non-hydrogen) atoms. The number of benzene rings is 1. The molecule has 0 radical (unpaired) electrons. The molecule has 4 atom stereocenters. The van der Waals surface area contributed by atoms with Crippen molar-refractivity contribution in [2.45, 2.75) is 107 Å². The Labute approximate surface area is 246 Å². The van der Waals surface area contributed by atoms with Crippen LogP contribution in [0.25, 0.3) is 0 Å². The third kappa shape index (κ3) is 5.98. The number of hydrogen-bond donors (Lipinski definition) is 2. The minimum absolute atomic E-state index is 0.00379. The fourth-order valence-corrected chi connectivity index (χ4v) is 7.79. The molecular weight excluding hydrogens is 546 g/mol. The van der Waals surface area contributed by atoms with Crippen LogP contribution >= 0.6 is 11.8 Å². The topological polar surface area (TPSA) is 115 Å². The van der Waals surface area contributed by atoms with Crippen LogP contribution in [0.2, 0.25) is 0 Å². The zero-order valence-corrected chi connectivity index (χ0v) is 25.6. The van der Waals surface area contributed by atoms with Gasteiger partial charge in [-0.2, -0.15) is 0 Å². The largest absolute Gasteiger partial charge is 0.497 e. The van der Waals surface area contributed by atoms with Crippen molar-refractivity contribution >= 4 is 22.8 Å². The highest BCUT2D eigenvalue weighted by Gasteiger charge is 2.59. The molecule has 1 aromatic carbocycles. The van der Waals surface area contributed by atoms with E-state index in [9.17, 15) is 19.8 Å². The molecule has 2 N–H and O–H groups in total. The lowest BCUT2D eigenvalue weighted by Crippen LogP contribution is -2.49. The van der Waals surface area contributed by atoms with Crippen molar-refractivity contribution in [3.8, 4) is 11.5 Å². The van der Waals surface area contributed by atoms with Gasteiger partial charge in [0.2, 0.25) is 6.79 Å². The van der Waals surface area contributed by atoms with Crippen LogP contribution in [0.1, 0.15) is 83.3 Å². The lowest BCUT2D eigenvalue weighted by atomic mass is 9.77. The van der Waals surface area contributed by atoms with Crippen molar-refractivity contribution in [2.75, 3.05) is 27.0 Å². The molecule has 1 spiro atoms. The molecule has 3 heterocycles. The second-order valence-electron chi connectivity index (χ2n) is 12.7. The summed E-state index contributed by atoms with van der Waals surface area (Å²) in [5.41, 5.74) is -1.26. The van der Waals surface area contributed by atoms with Gasteiger partial charge < -0.3 is 29.2 Å². The number of nitrogens with zero attached hydrogens (tertiary/aromatic N) is 1. The summed E-state index contributed by atoms with van der Waals surface area (Å²) in [6.07, 6.45) is 4.37. The minimum atomic E-state index is -2.03. The van der Waals surface area contributed by atoms with Gasteiger partial charge in [0.05, 0.1) is 30.6 Å². The Morgan fingerprint density at radius 2 is 1.90 bits per heavy atom. The number of aliphatic hydroxyl groups is 2. The molecule has 9 nitrogen and oxygen atoms in total. The Hall–Kier alpha value is -2.27. The summed E-state index contributed by atoms with van der Waals surface area (Å²) in [5, 5.41) is 21.7. The van der Waals surface area contributed by atoms with Crippen LogP contribution < -0.4 is 9.47 Å². The Bertz CT molecular complexity index is 1210. The van der Waals surface area contributed by atoms with Gasteiger partial charge >= 0.3 is 5.97 Å². The van der Waals surface area contributed by atoms with Crippen molar-refractivity contribution < 1.29 is 38.7 Å². The van der Waals surface area contributed by atoms with Crippen LogP contribution in [0.15, 0.2) is 24.0 Å². The number of carbonyl (C=O) groups is 2. The zero-order chi connectivity index (χ0) is 29.6. The number of hydrogen-bond acceptors (Lipinski definition) is 10. The lowest BCUT2D eigenvalue weighted by molar-refractivity contribution is -0.175. The summed E-state index contributed by atoms with van der Waals surface area (Å²) >= 11 is 1.10. The number of ether oxygens (including phenoxy) is 4. The Kier molecular flexibility index (Phi) is 8.42. The first-order valence-electron chi connectivity index (χ1n) is 14.6. The molecule has 1 aromatic rings. The van der Waals surface area contributed by atoms with E-state index in [4.69, 9.17) is 18.9 Å². The highest BCUT2D eigenvalue weighted by Crippen LogP contribution is 2.55. The smallest absolute Gasteiger partial charge is 0.339 e. The Morgan fingerprint density at radius 1 is 1.17 bits per heavy atom. The van der Waals surface area contributed by atoms with E-state index < -0.39 is 28.8 Å². The molecule has 1 aliphatic carbocycles. The van der Waals surface area contributed by atoms with E-state index in [0.29, 0.717) is 30.1 Å². The monoisotopic (exact) mass is 589 g/mol. The number of rotatable bonds is 10. The molecule has 4 aliphatic rings. The molecule has 226 valence electrons. The quantitative estimate of drug-likeness (QED) is 0.387. The first-order valence-corrected chi connectivity index (χ1v) is 15.5. The maximum atomic E-state index is 14.0. The summed E-state index contributed by atoms with van der Waals surface area (Å²) < 4.78 is 23.5. The fourth-order valence-electron chi connectivity index (χ4n) is 6.94. The van der Waals surface area contributed by atoms with Crippen molar-refractivity contribution in [2.24, 2.45) is 0 Å². The van der Waals surface area contributed by atoms with Crippen molar-refractivity contribution in [1.29, 1.82) is 0 Å². The molecule has 0 bridgehead atoms. The standard InChI is InChI=1S/C31H43NO8S/c1-19(2)41-25(33)17-31(36,11-6-9-29(3,4)35)28(34)40-27-24(37-5)16-30-10-7-12-32(30)13-8-20-14-22-23(39-18-38-22)15-21(20)26(27)30/h14-16,19,26-27,35-36H,6-13,17-18H2,1-5H3/t26-,27?,30-,31-/m1/s1. The summed E-state index contributed by atoms with van der Waals surface area (Å²) in [7, 11) is 1.58. The zero-order valence-electron chi connectivity index (χ0n) is 24.7. The normalized spacial score (nSPS) is 26.5.